The minimum atomic E-state index is -0.0271. The SMILES string of the molecule is CC(C)NC1(CO)CCC(N2CCCC(C)(C)CC2)C1. The molecule has 0 radical (unpaired) electrons. The van der Waals surface area contributed by atoms with Crippen LogP contribution in [0.25, 0.3) is 0 Å². The van der Waals surface area contributed by atoms with Crippen LogP contribution in [0.5, 0.6) is 0 Å². The summed E-state index contributed by atoms with van der Waals surface area (Å²) in [4.78, 5) is 2.70. The zero-order chi connectivity index (χ0) is 14.8. The van der Waals surface area contributed by atoms with E-state index in [-0.39, 0.29) is 12.1 Å². The van der Waals surface area contributed by atoms with Gasteiger partial charge in [0.25, 0.3) is 0 Å². The van der Waals surface area contributed by atoms with E-state index in [1.807, 2.05) is 0 Å². The second-order valence-corrected chi connectivity index (χ2v) is 8.19. The van der Waals surface area contributed by atoms with Crippen molar-refractivity contribution in [3.63, 3.8) is 0 Å². The van der Waals surface area contributed by atoms with Crippen molar-refractivity contribution in [3.8, 4) is 0 Å². The molecule has 1 saturated carbocycles. The summed E-state index contributed by atoms with van der Waals surface area (Å²) in [5, 5.41) is 13.5. The van der Waals surface area contributed by atoms with E-state index in [9.17, 15) is 5.11 Å². The molecule has 118 valence electrons. The summed E-state index contributed by atoms with van der Waals surface area (Å²) >= 11 is 0. The third kappa shape index (κ3) is 3.96. The van der Waals surface area contributed by atoms with Gasteiger partial charge in [0.1, 0.15) is 0 Å². The fourth-order valence-electron chi connectivity index (χ4n) is 4.15. The smallest absolute Gasteiger partial charge is 0.0614 e. The Balaban J connectivity index is 1.94. The van der Waals surface area contributed by atoms with Gasteiger partial charge < -0.3 is 15.3 Å². The highest BCUT2D eigenvalue weighted by Gasteiger charge is 2.41. The lowest BCUT2D eigenvalue weighted by Gasteiger charge is -2.33. The Morgan fingerprint density at radius 2 is 1.95 bits per heavy atom. The predicted molar refractivity (Wildman–Crippen MR) is 84.9 cm³/mol. The van der Waals surface area contributed by atoms with Crippen molar-refractivity contribution in [2.45, 2.75) is 83.8 Å². The highest BCUT2D eigenvalue weighted by molar-refractivity contribution is 5.00. The van der Waals surface area contributed by atoms with E-state index in [1.165, 1.54) is 38.8 Å². The molecule has 2 fully saturated rings. The van der Waals surface area contributed by atoms with Crippen LogP contribution >= 0.6 is 0 Å². The molecule has 0 aromatic carbocycles. The summed E-state index contributed by atoms with van der Waals surface area (Å²) in [6, 6.07) is 1.12. The minimum absolute atomic E-state index is 0.0271. The van der Waals surface area contributed by atoms with E-state index in [0.29, 0.717) is 17.5 Å². The van der Waals surface area contributed by atoms with Crippen molar-refractivity contribution < 1.29 is 5.11 Å². The van der Waals surface area contributed by atoms with Crippen LogP contribution in [0.3, 0.4) is 0 Å². The molecule has 0 amide bonds. The van der Waals surface area contributed by atoms with Gasteiger partial charge in [0.2, 0.25) is 0 Å². The van der Waals surface area contributed by atoms with Crippen LogP contribution in [-0.2, 0) is 0 Å². The Bertz CT molecular complexity index is 316. The van der Waals surface area contributed by atoms with Gasteiger partial charge in [-0.05, 0) is 57.0 Å². The predicted octanol–water partition coefficient (Wildman–Crippen LogP) is 2.78. The lowest BCUT2D eigenvalue weighted by molar-refractivity contribution is 0.135. The molecule has 1 heterocycles. The van der Waals surface area contributed by atoms with Gasteiger partial charge in [0, 0.05) is 17.6 Å². The summed E-state index contributed by atoms with van der Waals surface area (Å²) in [5.41, 5.74) is 0.484. The van der Waals surface area contributed by atoms with Gasteiger partial charge >= 0.3 is 0 Å². The number of hydrogen-bond donors (Lipinski definition) is 2. The Kier molecular flexibility index (Phi) is 5.14. The van der Waals surface area contributed by atoms with Crippen LogP contribution in [-0.4, -0.2) is 47.3 Å². The zero-order valence-corrected chi connectivity index (χ0v) is 13.9. The van der Waals surface area contributed by atoms with Gasteiger partial charge in [-0.1, -0.05) is 27.7 Å². The highest BCUT2D eigenvalue weighted by Crippen LogP contribution is 2.37. The molecule has 0 aromatic heterocycles. The number of aliphatic hydroxyl groups is 1. The summed E-state index contributed by atoms with van der Waals surface area (Å²) in [7, 11) is 0. The quantitative estimate of drug-likeness (QED) is 0.832. The maximum atomic E-state index is 9.84. The standard InChI is InChI=1S/C17H34N2O/c1-14(2)18-17(13-20)8-6-15(12-17)19-10-5-7-16(3,4)9-11-19/h14-15,18,20H,5-13H2,1-4H3. The first-order valence-corrected chi connectivity index (χ1v) is 8.48. The van der Waals surface area contributed by atoms with Crippen molar-refractivity contribution in [1.29, 1.82) is 0 Å². The molecule has 2 rings (SSSR count). The molecule has 1 aliphatic heterocycles. The van der Waals surface area contributed by atoms with Gasteiger partial charge in [0.15, 0.2) is 0 Å². The fourth-order valence-corrected chi connectivity index (χ4v) is 4.15. The van der Waals surface area contributed by atoms with Gasteiger partial charge in [-0.3, -0.25) is 0 Å². The molecule has 0 aromatic rings. The molecule has 1 aliphatic carbocycles. The van der Waals surface area contributed by atoms with Crippen LogP contribution in [0.15, 0.2) is 0 Å². The Hall–Kier alpha value is -0.120. The van der Waals surface area contributed by atoms with Crippen molar-refractivity contribution in [2.75, 3.05) is 19.7 Å². The number of nitrogens with one attached hydrogen (secondary N) is 1. The summed E-state index contributed by atoms with van der Waals surface area (Å²) in [5.74, 6) is 0. The van der Waals surface area contributed by atoms with Crippen molar-refractivity contribution in [3.05, 3.63) is 0 Å². The first-order chi connectivity index (χ1) is 9.36. The van der Waals surface area contributed by atoms with E-state index in [0.717, 1.165) is 12.8 Å². The van der Waals surface area contributed by atoms with E-state index in [1.54, 1.807) is 0 Å². The normalized spacial score (nSPS) is 35.4. The second kappa shape index (κ2) is 6.33. The number of rotatable bonds is 4. The molecular formula is C17H34N2O. The lowest BCUT2D eigenvalue weighted by atomic mass is 9.85. The Morgan fingerprint density at radius 3 is 2.60 bits per heavy atom. The van der Waals surface area contributed by atoms with Crippen molar-refractivity contribution >= 4 is 0 Å². The molecule has 3 heteroatoms. The topological polar surface area (TPSA) is 35.5 Å². The first kappa shape index (κ1) is 16.3. The monoisotopic (exact) mass is 282 g/mol. The molecule has 0 bridgehead atoms. The summed E-state index contributed by atoms with van der Waals surface area (Å²) in [6.45, 7) is 11.9. The van der Waals surface area contributed by atoms with E-state index in [2.05, 4.69) is 37.9 Å². The lowest BCUT2D eigenvalue weighted by Crippen LogP contribution is -2.51. The van der Waals surface area contributed by atoms with E-state index < -0.39 is 0 Å². The third-order valence-electron chi connectivity index (χ3n) is 5.37. The highest BCUT2D eigenvalue weighted by atomic mass is 16.3. The van der Waals surface area contributed by atoms with Crippen molar-refractivity contribution in [1.82, 2.24) is 10.2 Å². The average Bonchev–Trinajstić information content (AvgIpc) is 2.68. The largest absolute Gasteiger partial charge is 0.394 e. The van der Waals surface area contributed by atoms with Crippen LogP contribution < -0.4 is 5.32 Å². The van der Waals surface area contributed by atoms with E-state index >= 15 is 0 Å². The molecular weight excluding hydrogens is 248 g/mol. The van der Waals surface area contributed by atoms with Crippen LogP contribution in [0.4, 0.5) is 0 Å². The maximum Gasteiger partial charge on any atom is 0.0614 e. The van der Waals surface area contributed by atoms with Crippen LogP contribution in [0, 0.1) is 5.41 Å². The number of nitrogens with zero attached hydrogens (tertiary/aromatic N) is 1. The number of aliphatic hydroxyl groups excluding tert-OH is 1. The maximum absolute atomic E-state index is 9.84. The molecule has 2 atom stereocenters. The summed E-state index contributed by atoms with van der Waals surface area (Å²) < 4.78 is 0. The molecule has 2 N–H and O–H groups in total. The Labute approximate surface area is 125 Å². The Morgan fingerprint density at radius 1 is 1.20 bits per heavy atom. The van der Waals surface area contributed by atoms with Crippen molar-refractivity contribution in [2.24, 2.45) is 5.41 Å². The van der Waals surface area contributed by atoms with E-state index in [4.69, 9.17) is 0 Å². The van der Waals surface area contributed by atoms with Crippen LogP contribution in [0.1, 0.15) is 66.2 Å². The summed E-state index contributed by atoms with van der Waals surface area (Å²) in [6.07, 6.45) is 7.46. The number of hydrogen-bond acceptors (Lipinski definition) is 3. The molecule has 20 heavy (non-hydrogen) atoms. The molecule has 3 nitrogen and oxygen atoms in total. The average molecular weight is 282 g/mol. The van der Waals surface area contributed by atoms with Gasteiger partial charge in [-0.25, -0.2) is 0 Å². The molecule has 2 unspecified atom stereocenters. The second-order valence-electron chi connectivity index (χ2n) is 8.19. The van der Waals surface area contributed by atoms with Gasteiger partial charge in [-0.2, -0.15) is 0 Å². The third-order valence-corrected chi connectivity index (χ3v) is 5.37. The minimum Gasteiger partial charge on any atom is -0.394 e. The molecule has 2 aliphatic rings. The van der Waals surface area contributed by atoms with Gasteiger partial charge in [0.05, 0.1) is 6.61 Å². The molecule has 0 spiro atoms. The fraction of sp³-hybridized carbons (Fsp3) is 1.00. The molecule has 1 saturated heterocycles. The number of likely N-dealkylation sites (tertiary alicyclic amines) is 1. The van der Waals surface area contributed by atoms with Gasteiger partial charge in [-0.15, -0.1) is 0 Å². The van der Waals surface area contributed by atoms with Crippen LogP contribution in [0.2, 0.25) is 0 Å². The first-order valence-electron chi connectivity index (χ1n) is 8.48. The zero-order valence-electron chi connectivity index (χ0n) is 13.9.